The minimum absolute atomic E-state index is 0.253. The van der Waals surface area contributed by atoms with Gasteiger partial charge in [0.1, 0.15) is 17.6 Å². The van der Waals surface area contributed by atoms with Crippen molar-refractivity contribution < 1.29 is 14.3 Å². The maximum atomic E-state index is 12.6. The van der Waals surface area contributed by atoms with Gasteiger partial charge >= 0.3 is 5.97 Å². The van der Waals surface area contributed by atoms with Crippen LogP contribution in [0.2, 0.25) is 0 Å². The lowest BCUT2D eigenvalue weighted by Gasteiger charge is -2.23. The number of carbonyl (C=O) groups excluding carboxylic acids is 2. The first-order valence-corrected chi connectivity index (χ1v) is 10.1. The molecule has 1 atom stereocenters. The van der Waals surface area contributed by atoms with Crippen LogP contribution in [0.25, 0.3) is 0 Å². The standard InChI is InChI=1S/C21H30O3S/c1-3-4-5-6-7-11-15-21(2,25-17-12-16-22)20(23)24-18-19-13-9-8-10-14-19/h8-11,13-16H,3-7,12,17-18H2,1-2H3/b15-11+/t21-/m1/s1. The second kappa shape index (κ2) is 12.8. The van der Waals surface area contributed by atoms with E-state index < -0.39 is 4.75 Å². The highest BCUT2D eigenvalue weighted by molar-refractivity contribution is 8.01. The number of aldehydes is 1. The smallest absolute Gasteiger partial charge is 0.326 e. The van der Waals surface area contributed by atoms with Gasteiger partial charge in [-0.15, -0.1) is 11.8 Å². The number of benzene rings is 1. The summed E-state index contributed by atoms with van der Waals surface area (Å²) in [6, 6.07) is 9.67. The van der Waals surface area contributed by atoms with Crippen molar-refractivity contribution in [2.45, 2.75) is 63.7 Å². The summed E-state index contributed by atoms with van der Waals surface area (Å²) in [5.41, 5.74) is 0.972. The topological polar surface area (TPSA) is 43.4 Å². The molecule has 0 aliphatic carbocycles. The highest BCUT2D eigenvalue weighted by atomic mass is 32.2. The quantitative estimate of drug-likeness (QED) is 0.206. The number of carbonyl (C=O) groups is 2. The van der Waals surface area contributed by atoms with Crippen molar-refractivity contribution in [2.75, 3.05) is 5.75 Å². The van der Waals surface area contributed by atoms with Crippen LogP contribution >= 0.6 is 11.8 Å². The van der Waals surface area contributed by atoms with E-state index in [-0.39, 0.29) is 12.6 Å². The number of rotatable bonds is 13. The zero-order valence-corrected chi connectivity index (χ0v) is 16.2. The van der Waals surface area contributed by atoms with Gasteiger partial charge in [0, 0.05) is 12.2 Å². The molecule has 3 nitrogen and oxygen atoms in total. The Hall–Kier alpha value is -1.55. The Morgan fingerprint density at radius 2 is 1.92 bits per heavy atom. The third kappa shape index (κ3) is 8.92. The third-order valence-corrected chi connectivity index (χ3v) is 5.26. The molecule has 0 bridgehead atoms. The Balaban J connectivity index is 2.60. The molecule has 0 aliphatic heterocycles. The Kier molecular flexibility index (Phi) is 11.0. The van der Waals surface area contributed by atoms with Crippen molar-refractivity contribution in [1.82, 2.24) is 0 Å². The summed E-state index contributed by atoms with van der Waals surface area (Å²) in [7, 11) is 0. The first-order valence-electron chi connectivity index (χ1n) is 9.09. The van der Waals surface area contributed by atoms with E-state index in [2.05, 4.69) is 13.0 Å². The minimum Gasteiger partial charge on any atom is -0.460 e. The second-order valence-electron chi connectivity index (χ2n) is 6.22. The van der Waals surface area contributed by atoms with Crippen LogP contribution in [-0.2, 0) is 20.9 Å². The molecule has 0 amide bonds. The Bertz CT molecular complexity index is 527. The van der Waals surface area contributed by atoms with Crippen molar-refractivity contribution in [3.8, 4) is 0 Å². The largest absolute Gasteiger partial charge is 0.460 e. The lowest BCUT2D eigenvalue weighted by Crippen LogP contribution is -2.32. The van der Waals surface area contributed by atoms with Crippen LogP contribution in [0, 0.1) is 0 Å². The zero-order chi connectivity index (χ0) is 18.4. The number of hydrogen-bond donors (Lipinski definition) is 0. The molecule has 0 spiro atoms. The van der Waals surface area contributed by atoms with Gasteiger partial charge in [-0.2, -0.15) is 0 Å². The fraction of sp³-hybridized carbons (Fsp3) is 0.524. The lowest BCUT2D eigenvalue weighted by atomic mass is 10.1. The maximum absolute atomic E-state index is 12.6. The summed E-state index contributed by atoms with van der Waals surface area (Å²) >= 11 is 1.47. The summed E-state index contributed by atoms with van der Waals surface area (Å²) < 4.78 is 4.77. The average Bonchev–Trinajstić information content (AvgIpc) is 2.63. The molecule has 0 aliphatic rings. The number of hydrogen-bond acceptors (Lipinski definition) is 4. The highest BCUT2D eigenvalue weighted by Crippen LogP contribution is 2.29. The van der Waals surface area contributed by atoms with E-state index >= 15 is 0 Å². The van der Waals surface area contributed by atoms with Crippen LogP contribution < -0.4 is 0 Å². The van der Waals surface area contributed by atoms with Crippen molar-refractivity contribution in [2.24, 2.45) is 0 Å². The van der Waals surface area contributed by atoms with Crippen LogP contribution in [0.1, 0.15) is 57.9 Å². The van der Waals surface area contributed by atoms with E-state index in [4.69, 9.17) is 4.74 Å². The number of thioether (sulfide) groups is 1. The fourth-order valence-electron chi connectivity index (χ4n) is 2.36. The van der Waals surface area contributed by atoms with Crippen LogP contribution in [0.15, 0.2) is 42.5 Å². The van der Waals surface area contributed by atoms with Gasteiger partial charge in [0.15, 0.2) is 0 Å². The molecule has 25 heavy (non-hydrogen) atoms. The molecular weight excluding hydrogens is 332 g/mol. The SMILES string of the molecule is CCCCCC/C=C/[C@@](C)(SCCC=O)C(=O)OCc1ccccc1. The van der Waals surface area contributed by atoms with E-state index in [0.717, 1.165) is 24.7 Å². The number of ether oxygens (including phenoxy) is 1. The van der Waals surface area contributed by atoms with Crippen molar-refractivity contribution in [3.63, 3.8) is 0 Å². The van der Waals surface area contributed by atoms with E-state index in [1.807, 2.05) is 43.3 Å². The lowest BCUT2D eigenvalue weighted by molar-refractivity contribution is -0.146. The predicted molar refractivity (Wildman–Crippen MR) is 106 cm³/mol. The molecule has 0 radical (unpaired) electrons. The second-order valence-corrected chi connectivity index (χ2v) is 7.77. The van der Waals surface area contributed by atoms with Gasteiger partial charge in [-0.05, 0) is 25.3 Å². The molecule has 1 aromatic carbocycles. The van der Waals surface area contributed by atoms with Crippen molar-refractivity contribution in [3.05, 3.63) is 48.0 Å². The van der Waals surface area contributed by atoms with Gasteiger partial charge in [0.2, 0.25) is 0 Å². The van der Waals surface area contributed by atoms with E-state index in [9.17, 15) is 9.59 Å². The number of esters is 1. The summed E-state index contributed by atoms with van der Waals surface area (Å²) in [5, 5.41) is 0. The zero-order valence-electron chi connectivity index (χ0n) is 15.4. The van der Waals surface area contributed by atoms with E-state index in [1.54, 1.807) is 0 Å². The van der Waals surface area contributed by atoms with Gasteiger partial charge in [0.25, 0.3) is 0 Å². The summed E-state index contributed by atoms with van der Waals surface area (Å²) in [6.07, 6.45) is 11.1. The maximum Gasteiger partial charge on any atom is 0.326 e. The van der Waals surface area contributed by atoms with Gasteiger partial charge in [0.05, 0.1) is 0 Å². The van der Waals surface area contributed by atoms with Gasteiger partial charge < -0.3 is 9.53 Å². The van der Waals surface area contributed by atoms with Crippen LogP contribution in [0.3, 0.4) is 0 Å². The van der Waals surface area contributed by atoms with Gasteiger partial charge in [-0.1, -0.05) is 68.7 Å². The number of allylic oxidation sites excluding steroid dienone is 1. The van der Waals surface area contributed by atoms with Gasteiger partial charge in [-0.25, -0.2) is 0 Å². The molecule has 0 unspecified atom stereocenters. The molecule has 0 heterocycles. The fourth-order valence-corrected chi connectivity index (χ4v) is 3.37. The Labute approximate surface area is 156 Å². The molecule has 0 aromatic heterocycles. The summed E-state index contributed by atoms with van der Waals surface area (Å²) in [5.74, 6) is 0.359. The number of unbranched alkanes of at least 4 members (excludes halogenated alkanes) is 4. The first-order chi connectivity index (χ1) is 12.1. The summed E-state index contributed by atoms with van der Waals surface area (Å²) in [4.78, 5) is 23.2. The molecule has 1 rings (SSSR count). The molecule has 4 heteroatoms. The highest BCUT2D eigenvalue weighted by Gasteiger charge is 2.32. The average molecular weight is 363 g/mol. The van der Waals surface area contributed by atoms with Crippen LogP contribution in [0.5, 0.6) is 0 Å². The first kappa shape index (κ1) is 21.5. The molecular formula is C21H30O3S. The minimum atomic E-state index is -0.747. The normalized spacial score (nSPS) is 13.5. The molecule has 0 fully saturated rings. The third-order valence-electron chi connectivity index (χ3n) is 3.92. The monoisotopic (exact) mass is 362 g/mol. The van der Waals surface area contributed by atoms with Crippen molar-refractivity contribution in [1.29, 1.82) is 0 Å². The Morgan fingerprint density at radius 1 is 1.16 bits per heavy atom. The van der Waals surface area contributed by atoms with Crippen LogP contribution in [-0.4, -0.2) is 22.8 Å². The van der Waals surface area contributed by atoms with E-state index in [1.165, 1.54) is 31.0 Å². The van der Waals surface area contributed by atoms with Crippen LogP contribution in [0.4, 0.5) is 0 Å². The molecule has 1 aromatic rings. The summed E-state index contributed by atoms with van der Waals surface area (Å²) in [6.45, 7) is 4.34. The Morgan fingerprint density at radius 3 is 2.60 bits per heavy atom. The molecule has 0 saturated carbocycles. The van der Waals surface area contributed by atoms with Crippen molar-refractivity contribution >= 4 is 24.0 Å². The predicted octanol–water partition coefficient (Wildman–Crippen LogP) is 5.34. The molecule has 138 valence electrons. The molecule has 0 saturated heterocycles. The van der Waals surface area contributed by atoms with Gasteiger partial charge in [-0.3, -0.25) is 4.79 Å². The van der Waals surface area contributed by atoms with E-state index in [0.29, 0.717) is 12.2 Å². The molecule has 0 N–H and O–H groups in total.